The number of phenolic OH excluding ortho intramolecular Hbond substituents is 1. The van der Waals surface area contributed by atoms with Crippen LogP contribution in [-0.4, -0.2) is 29.0 Å². The molecule has 1 N–H and O–H groups in total. The maximum absolute atomic E-state index is 9.19. The van der Waals surface area contributed by atoms with Crippen LogP contribution in [0.2, 0.25) is 0 Å². The Morgan fingerprint density at radius 3 is 2.00 bits per heavy atom. The monoisotopic (exact) mass is 190 g/mol. The van der Waals surface area contributed by atoms with Gasteiger partial charge in [-0.1, -0.05) is 12.1 Å². The van der Waals surface area contributed by atoms with Gasteiger partial charge in [-0.25, -0.2) is 0 Å². The van der Waals surface area contributed by atoms with E-state index in [1.807, 2.05) is 38.6 Å². The summed E-state index contributed by atoms with van der Waals surface area (Å²) in [6.45, 7) is 0. The summed E-state index contributed by atoms with van der Waals surface area (Å²) in [5.41, 5.74) is 1.18. The van der Waals surface area contributed by atoms with Crippen LogP contribution in [0.3, 0.4) is 0 Å². The zero-order chi connectivity index (χ0) is 10.1. The molecule has 0 atom stereocenters. The van der Waals surface area contributed by atoms with Gasteiger partial charge < -0.3 is 14.9 Å². The van der Waals surface area contributed by atoms with Crippen LogP contribution in [0.15, 0.2) is 36.7 Å². The number of phenols is 1. The maximum Gasteiger partial charge on any atom is 0.127 e. The van der Waals surface area contributed by atoms with Gasteiger partial charge in [0.2, 0.25) is 0 Å². The molecule has 1 aliphatic rings. The molecule has 2 rings (SSSR count). The van der Waals surface area contributed by atoms with E-state index in [-0.39, 0.29) is 6.17 Å². The van der Waals surface area contributed by atoms with Crippen LogP contribution < -0.4 is 0 Å². The fraction of sp³-hybridized carbons (Fsp3) is 0.273. The first-order chi connectivity index (χ1) is 6.68. The third-order valence-corrected chi connectivity index (χ3v) is 2.50. The molecule has 0 bridgehead atoms. The van der Waals surface area contributed by atoms with Gasteiger partial charge in [-0.15, -0.1) is 0 Å². The Morgan fingerprint density at radius 2 is 1.50 bits per heavy atom. The van der Waals surface area contributed by atoms with E-state index in [9.17, 15) is 5.11 Å². The molecule has 0 saturated carbocycles. The van der Waals surface area contributed by atoms with E-state index in [0.717, 1.165) is 0 Å². The second-order valence-electron chi connectivity index (χ2n) is 3.59. The fourth-order valence-electron chi connectivity index (χ4n) is 1.78. The van der Waals surface area contributed by atoms with Crippen molar-refractivity contribution in [1.29, 1.82) is 0 Å². The SMILES string of the molecule is CN1C=CN(C)C1c1ccc(O)cc1. The third-order valence-electron chi connectivity index (χ3n) is 2.50. The second-order valence-corrected chi connectivity index (χ2v) is 3.59. The molecule has 0 radical (unpaired) electrons. The molecule has 3 nitrogen and oxygen atoms in total. The van der Waals surface area contributed by atoms with Crippen molar-refractivity contribution in [2.24, 2.45) is 0 Å². The molecular weight excluding hydrogens is 176 g/mol. The summed E-state index contributed by atoms with van der Waals surface area (Å²) in [4.78, 5) is 4.26. The van der Waals surface area contributed by atoms with Gasteiger partial charge in [0.1, 0.15) is 11.9 Å². The molecule has 0 fully saturated rings. The average Bonchev–Trinajstić information content (AvgIpc) is 2.49. The van der Waals surface area contributed by atoms with Crippen LogP contribution in [0.4, 0.5) is 0 Å². The molecule has 0 aromatic heterocycles. The van der Waals surface area contributed by atoms with Crippen LogP contribution >= 0.6 is 0 Å². The summed E-state index contributed by atoms with van der Waals surface area (Å²) in [5.74, 6) is 0.310. The van der Waals surface area contributed by atoms with E-state index in [4.69, 9.17) is 0 Å². The van der Waals surface area contributed by atoms with Crippen molar-refractivity contribution >= 4 is 0 Å². The smallest absolute Gasteiger partial charge is 0.127 e. The van der Waals surface area contributed by atoms with Crippen molar-refractivity contribution < 1.29 is 5.11 Å². The third kappa shape index (κ3) is 1.41. The molecule has 0 saturated heterocycles. The Bertz CT molecular complexity index is 333. The van der Waals surface area contributed by atoms with Gasteiger partial charge in [-0.3, -0.25) is 0 Å². The molecule has 0 spiro atoms. The Kier molecular flexibility index (Phi) is 2.08. The van der Waals surface area contributed by atoms with Crippen LogP contribution in [0.25, 0.3) is 0 Å². The predicted molar refractivity (Wildman–Crippen MR) is 55.5 cm³/mol. The lowest BCUT2D eigenvalue weighted by atomic mass is 10.1. The highest BCUT2D eigenvalue weighted by Crippen LogP contribution is 2.28. The summed E-state index contributed by atoms with van der Waals surface area (Å²) in [7, 11) is 4.08. The van der Waals surface area contributed by atoms with E-state index < -0.39 is 0 Å². The highest BCUT2D eigenvalue weighted by atomic mass is 16.3. The van der Waals surface area contributed by atoms with Gasteiger partial charge in [0.25, 0.3) is 0 Å². The first-order valence-corrected chi connectivity index (χ1v) is 4.59. The van der Waals surface area contributed by atoms with E-state index in [0.29, 0.717) is 5.75 Å². The van der Waals surface area contributed by atoms with Crippen LogP contribution in [0, 0.1) is 0 Å². The minimum atomic E-state index is 0.246. The van der Waals surface area contributed by atoms with Gasteiger partial charge in [-0.05, 0) is 17.7 Å². The van der Waals surface area contributed by atoms with Crippen molar-refractivity contribution in [2.45, 2.75) is 6.17 Å². The fourth-order valence-corrected chi connectivity index (χ4v) is 1.78. The molecule has 1 aromatic carbocycles. The molecule has 74 valence electrons. The summed E-state index contributed by atoms with van der Waals surface area (Å²) in [5, 5.41) is 9.19. The molecule has 0 aliphatic carbocycles. The predicted octanol–water partition coefficient (Wildman–Crippen LogP) is 1.74. The van der Waals surface area contributed by atoms with Crippen LogP contribution in [0.5, 0.6) is 5.75 Å². The molecule has 1 aromatic rings. The van der Waals surface area contributed by atoms with Crippen molar-refractivity contribution in [2.75, 3.05) is 14.1 Å². The van der Waals surface area contributed by atoms with E-state index in [1.165, 1.54) is 5.56 Å². The van der Waals surface area contributed by atoms with Crippen molar-refractivity contribution in [3.8, 4) is 5.75 Å². The Morgan fingerprint density at radius 1 is 1.00 bits per heavy atom. The molecular formula is C11H14N2O. The molecule has 1 heterocycles. The lowest BCUT2D eigenvalue weighted by molar-refractivity contribution is 0.209. The second kappa shape index (κ2) is 3.25. The summed E-state index contributed by atoms with van der Waals surface area (Å²) in [6, 6.07) is 7.32. The zero-order valence-corrected chi connectivity index (χ0v) is 8.38. The highest BCUT2D eigenvalue weighted by molar-refractivity contribution is 5.29. The summed E-state index contributed by atoms with van der Waals surface area (Å²) in [6.07, 6.45) is 4.32. The molecule has 0 unspecified atom stereocenters. The number of aromatic hydroxyl groups is 1. The quantitative estimate of drug-likeness (QED) is 0.730. The molecule has 14 heavy (non-hydrogen) atoms. The highest BCUT2D eigenvalue weighted by Gasteiger charge is 2.21. The van der Waals surface area contributed by atoms with Crippen LogP contribution in [-0.2, 0) is 0 Å². The largest absolute Gasteiger partial charge is 0.508 e. The Balaban J connectivity index is 2.27. The van der Waals surface area contributed by atoms with E-state index in [2.05, 4.69) is 9.80 Å². The number of hydrogen-bond acceptors (Lipinski definition) is 3. The number of hydrogen-bond donors (Lipinski definition) is 1. The minimum absolute atomic E-state index is 0.246. The topological polar surface area (TPSA) is 26.7 Å². The van der Waals surface area contributed by atoms with Crippen molar-refractivity contribution in [3.63, 3.8) is 0 Å². The minimum Gasteiger partial charge on any atom is -0.508 e. The first kappa shape index (κ1) is 8.94. The number of rotatable bonds is 1. The van der Waals surface area contributed by atoms with E-state index in [1.54, 1.807) is 12.1 Å². The number of benzene rings is 1. The lowest BCUT2D eigenvalue weighted by Gasteiger charge is -2.27. The van der Waals surface area contributed by atoms with Crippen LogP contribution in [0.1, 0.15) is 11.7 Å². The lowest BCUT2D eigenvalue weighted by Crippen LogP contribution is -2.25. The van der Waals surface area contributed by atoms with E-state index >= 15 is 0 Å². The Hall–Kier alpha value is -1.64. The molecule has 1 aliphatic heterocycles. The number of nitrogens with zero attached hydrogens (tertiary/aromatic N) is 2. The summed E-state index contributed by atoms with van der Waals surface area (Å²) >= 11 is 0. The van der Waals surface area contributed by atoms with Gasteiger partial charge in [0.15, 0.2) is 0 Å². The molecule has 0 amide bonds. The van der Waals surface area contributed by atoms with Gasteiger partial charge in [-0.2, -0.15) is 0 Å². The van der Waals surface area contributed by atoms with Gasteiger partial charge in [0.05, 0.1) is 0 Å². The first-order valence-electron chi connectivity index (χ1n) is 4.59. The average molecular weight is 190 g/mol. The van der Waals surface area contributed by atoms with Gasteiger partial charge >= 0.3 is 0 Å². The van der Waals surface area contributed by atoms with Crippen molar-refractivity contribution in [3.05, 3.63) is 42.2 Å². The standard InChI is InChI=1S/C11H14N2O/c1-12-7-8-13(2)11(12)9-3-5-10(14)6-4-9/h3-8,11,14H,1-2H3. The molecule has 3 heteroatoms. The summed E-state index contributed by atoms with van der Waals surface area (Å²) < 4.78 is 0. The normalized spacial score (nSPS) is 16.7. The Labute approximate surface area is 83.9 Å². The van der Waals surface area contributed by atoms with Crippen molar-refractivity contribution in [1.82, 2.24) is 9.80 Å². The maximum atomic E-state index is 9.19. The van der Waals surface area contributed by atoms with Gasteiger partial charge in [0, 0.05) is 26.5 Å². The zero-order valence-electron chi connectivity index (χ0n) is 8.38.